The van der Waals surface area contributed by atoms with Crippen molar-refractivity contribution in [3.8, 4) is 17.2 Å². The highest BCUT2D eigenvalue weighted by Gasteiger charge is 2.58. The maximum atomic E-state index is 13.9. The number of fused-ring (bicyclic) bond motifs is 2. The summed E-state index contributed by atoms with van der Waals surface area (Å²) in [6, 6.07) is 1.66. The highest BCUT2D eigenvalue weighted by Crippen LogP contribution is 2.59. The molecule has 198 valence electrons. The van der Waals surface area contributed by atoms with E-state index in [1.165, 1.54) is 13.2 Å². The molecule has 0 amide bonds. The van der Waals surface area contributed by atoms with Crippen LogP contribution in [0.1, 0.15) is 51.3 Å². The largest absolute Gasteiger partial charge is 0.487 e. The van der Waals surface area contributed by atoms with Crippen molar-refractivity contribution in [2.75, 3.05) is 27.6 Å². The van der Waals surface area contributed by atoms with Gasteiger partial charge in [0.25, 0.3) is 5.78 Å². The average Bonchev–Trinajstić information content (AvgIpc) is 3.53. The molecule has 10 nitrogen and oxygen atoms in total. The maximum Gasteiger partial charge on any atom is 0.375 e. The topological polar surface area (TPSA) is 124 Å². The standard InChI is InChI=1S/C27H30O10/c1-7-13(2)25(30)37-21-15(4)14(3)8-16(9-19(28)32-5)27(24(29)26(31)33-6)11-34-23-20(27)17(21)10-18-22(23)36-12-35-18/h7,9-10,14-15,21H,8,11-12H2,1-6H3/t14-,15-,21+,27+/m1/s1. The fourth-order valence-electron chi connectivity index (χ4n) is 5.10. The van der Waals surface area contributed by atoms with E-state index < -0.39 is 35.2 Å². The van der Waals surface area contributed by atoms with Gasteiger partial charge in [-0.15, -0.1) is 0 Å². The summed E-state index contributed by atoms with van der Waals surface area (Å²) in [5.74, 6) is -2.87. The Kier molecular flexibility index (Phi) is 7.03. The third-order valence-electron chi connectivity index (χ3n) is 7.52. The molecule has 0 aromatic heterocycles. The summed E-state index contributed by atoms with van der Waals surface area (Å²) >= 11 is 0. The monoisotopic (exact) mass is 514 g/mol. The summed E-state index contributed by atoms with van der Waals surface area (Å²) < 4.78 is 33.1. The first kappa shape index (κ1) is 26.2. The van der Waals surface area contributed by atoms with Crippen LogP contribution in [0.15, 0.2) is 29.4 Å². The molecule has 37 heavy (non-hydrogen) atoms. The number of carbonyl (C=O) groups excluding carboxylic acids is 4. The van der Waals surface area contributed by atoms with Gasteiger partial charge in [-0.1, -0.05) is 19.9 Å². The van der Waals surface area contributed by atoms with Gasteiger partial charge in [-0.2, -0.15) is 0 Å². The molecule has 10 heteroatoms. The first-order valence-corrected chi connectivity index (χ1v) is 12.0. The van der Waals surface area contributed by atoms with E-state index in [2.05, 4.69) is 0 Å². The summed E-state index contributed by atoms with van der Waals surface area (Å²) in [6.45, 7) is 6.86. The van der Waals surface area contributed by atoms with Gasteiger partial charge in [0.1, 0.15) is 18.1 Å². The number of hydrogen-bond donors (Lipinski definition) is 0. The molecular formula is C27H30O10. The maximum absolute atomic E-state index is 13.9. The first-order chi connectivity index (χ1) is 17.6. The number of benzene rings is 1. The molecule has 1 aromatic rings. The zero-order valence-corrected chi connectivity index (χ0v) is 21.7. The van der Waals surface area contributed by atoms with E-state index in [0.717, 1.165) is 7.11 Å². The lowest BCUT2D eigenvalue weighted by Gasteiger charge is -2.39. The molecule has 0 saturated heterocycles. The van der Waals surface area contributed by atoms with E-state index >= 15 is 0 Å². The van der Waals surface area contributed by atoms with Crippen molar-refractivity contribution in [2.45, 2.75) is 45.6 Å². The van der Waals surface area contributed by atoms with Crippen molar-refractivity contribution in [2.24, 2.45) is 11.8 Å². The van der Waals surface area contributed by atoms with Crippen LogP contribution in [0, 0.1) is 11.8 Å². The second-order valence-corrected chi connectivity index (χ2v) is 9.45. The lowest BCUT2D eigenvalue weighted by molar-refractivity contribution is -0.154. The molecule has 3 aliphatic rings. The van der Waals surface area contributed by atoms with Gasteiger partial charge in [0, 0.05) is 28.7 Å². The number of methoxy groups -OCH3 is 2. The molecule has 0 unspecified atom stereocenters. The third kappa shape index (κ3) is 4.14. The van der Waals surface area contributed by atoms with E-state index in [0.29, 0.717) is 22.5 Å². The molecule has 1 aliphatic carbocycles. The van der Waals surface area contributed by atoms with Crippen molar-refractivity contribution in [1.29, 1.82) is 0 Å². The Morgan fingerprint density at radius 3 is 2.41 bits per heavy atom. The predicted octanol–water partition coefficient (Wildman–Crippen LogP) is 3.11. The van der Waals surface area contributed by atoms with Gasteiger partial charge in [-0.3, -0.25) is 4.79 Å². The number of ether oxygens (including phenoxy) is 6. The normalized spacial score (nSPS) is 26.9. The van der Waals surface area contributed by atoms with E-state index in [-0.39, 0.29) is 48.7 Å². The van der Waals surface area contributed by atoms with Crippen LogP contribution in [0.5, 0.6) is 17.2 Å². The smallest absolute Gasteiger partial charge is 0.375 e. The van der Waals surface area contributed by atoms with Crippen molar-refractivity contribution in [1.82, 2.24) is 0 Å². The van der Waals surface area contributed by atoms with Crippen molar-refractivity contribution >= 4 is 23.7 Å². The minimum Gasteiger partial charge on any atom is -0.487 e. The molecule has 0 N–H and O–H groups in total. The van der Waals surface area contributed by atoms with Crippen LogP contribution in [0.25, 0.3) is 0 Å². The van der Waals surface area contributed by atoms with Crippen LogP contribution in [0.4, 0.5) is 0 Å². The Balaban J connectivity index is 2.08. The number of rotatable bonds is 5. The van der Waals surface area contributed by atoms with Crippen molar-refractivity contribution in [3.05, 3.63) is 40.5 Å². The zero-order chi connectivity index (χ0) is 27.1. The second kappa shape index (κ2) is 9.91. The van der Waals surface area contributed by atoms with Gasteiger partial charge in [0.05, 0.1) is 14.2 Å². The van der Waals surface area contributed by atoms with Gasteiger partial charge in [0.2, 0.25) is 12.5 Å². The fraction of sp³-hybridized carbons (Fsp3) is 0.481. The minimum atomic E-state index is -1.73. The Labute approximate surface area is 214 Å². The first-order valence-electron chi connectivity index (χ1n) is 12.0. The van der Waals surface area contributed by atoms with Gasteiger partial charge >= 0.3 is 17.9 Å². The molecule has 0 bridgehead atoms. The van der Waals surface area contributed by atoms with Crippen LogP contribution in [0.2, 0.25) is 0 Å². The summed E-state index contributed by atoms with van der Waals surface area (Å²) in [6.07, 6.45) is 2.26. The summed E-state index contributed by atoms with van der Waals surface area (Å²) in [7, 11) is 2.33. The number of Topliss-reactive ketones (excluding diaryl/α,β-unsaturated/α-hetero) is 1. The molecular weight excluding hydrogens is 484 g/mol. The van der Waals surface area contributed by atoms with Crippen molar-refractivity contribution < 1.29 is 47.6 Å². The van der Waals surface area contributed by atoms with Crippen molar-refractivity contribution in [3.63, 3.8) is 0 Å². The quantitative estimate of drug-likeness (QED) is 0.251. The zero-order valence-electron chi connectivity index (χ0n) is 21.7. The average molecular weight is 515 g/mol. The number of carbonyl (C=O) groups is 4. The lowest BCUT2D eigenvalue weighted by atomic mass is 9.63. The Morgan fingerprint density at radius 2 is 1.76 bits per heavy atom. The van der Waals surface area contributed by atoms with Crippen LogP contribution in [-0.4, -0.2) is 51.3 Å². The van der Waals surface area contributed by atoms with Crippen LogP contribution in [-0.2, 0) is 38.8 Å². The molecule has 1 aromatic carbocycles. The Hall–Kier alpha value is -3.82. The highest BCUT2D eigenvalue weighted by atomic mass is 16.7. The molecule has 0 spiro atoms. The molecule has 0 saturated carbocycles. The number of ketones is 1. The molecule has 2 heterocycles. The van der Waals surface area contributed by atoms with Gasteiger partial charge in [0.15, 0.2) is 11.5 Å². The number of esters is 3. The minimum absolute atomic E-state index is 0.0779. The Morgan fingerprint density at radius 1 is 1.03 bits per heavy atom. The van der Waals surface area contributed by atoms with Crippen LogP contribution < -0.4 is 14.2 Å². The SMILES string of the molecule is CC=C(C)C(=O)O[C@@H]1c2cc3c(c4c2[C@](C(=O)C(=O)OC)(CO4)C(=CC(=O)OC)C[C@@H](C)[C@H]1C)OCO3. The van der Waals surface area contributed by atoms with E-state index in [4.69, 9.17) is 28.4 Å². The molecule has 0 fully saturated rings. The van der Waals surface area contributed by atoms with Crippen LogP contribution in [0.3, 0.4) is 0 Å². The predicted molar refractivity (Wildman–Crippen MR) is 128 cm³/mol. The highest BCUT2D eigenvalue weighted by molar-refractivity contribution is 6.38. The van der Waals surface area contributed by atoms with Crippen LogP contribution >= 0.6 is 0 Å². The fourth-order valence-corrected chi connectivity index (χ4v) is 5.10. The van der Waals surface area contributed by atoms with E-state index in [1.54, 1.807) is 26.0 Å². The molecule has 4 atom stereocenters. The third-order valence-corrected chi connectivity index (χ3v) is 7.52. The van der Waals surface area contributed by atoms with E-state index in [9.17, 15) is 19.2 Å². The number of allylic oxidation sites excluding steroid dienone is 1. The summed E-state index contributed by atoms with van der Waals surface area (Å²) in [5.41, 5.74) is -0.263. The van der Waals surface area contributed by atoms with Gasteiger partial charge in [-0.05, 0) is 37.8 Å². The van der Waals surface area contributed by atoms with E-state index in [1.807, 2.05) is 13.8 Å². The molecule has 4 rings (SSSR count). The Bertz CT molecular complexity index is 1230. The summed E-state index contributed by atoms with van der Waals surface area (Å²) in [4.78, 5) is 52.0. The number of hydrogen-bond acceptors (Lipinski definition) is 10. The second-order valence-electron chi connectivity index (χ2n) is 9.45. The van der Waals surface area contributed by atoms with Gasteiger partial charge in [-0.25, -0.2) is 14.4 Å². The summed E-state index contributed by atoms with van der Waals surface area (Å²) in [5, 5.41) is 0. The lowest BCUT2D eigenvalue weighted by Crippen LogP contribution is -2.47. The molecule has 2 aliphatic heterocycles. The van der Waals surface area contributed by atoms with Gasteiger partial charge < -0.3 is 28.4 Å². The molecule has 0 radical (unpaired) electrons.